The lowest BCUT2D eigenvalue weighted by atomic mass is 10.4. The molecule has 0 spiro atoms. The molecule has 0 aliphatic carbocycles. The third-order valence-corrected chi connectivity index (χ3v) is 4.21. The van der Waals surface area contributed by atoms with Gasteiger partial charge in [-0.2, -0.15) is 0 Å². The maximum atomic E-state index is 11.2. The van der Waals surface area contributed by atoms with Crippen molar-refractivity contribution in [3.05, 3.63) is 23.4 Å². The Morgan fingerprint density at radius 1 is 1.40 bits per heavy atom. The molecule has 1 saturated heterocycles. The average molecular weight is 246 g/mol. The van der Waals surface area contributed by atoms with Crippen LogP contribution in [0.5, 0.6) is 0 Å². The SMILES string of the molecule is O=S1(=O)CCN(c2ncc[c]c2Cl)CC1. The molecule has 6 heteroatoms. The first-order chi connectivity index (χ1) is 7.08. The first-order valence-corrected chi connectivity index (χ1v) is 6.76. The van der Waals surface area contributed by atoms with Gasteiger partial charge in [0.2, 0.25) is 0 Å². The van der Waals surface area contributed by atoms with E-state index in [1.807, 2.05) is 4.90 Å². The van der Waals surface area contributed by atoms with E-state index in [-0.39, 0.29) is 11.5 Å². The fourth-order valence-electron chi connectivity index (χ4n) is 1.48. The van der Waals surface area contributed by atoms with Crippen LogP contribution >= 0.6 is 11.6 Å². The Labute approximate surface area is 93.8 Å². The van der Waals surface area contributed by atoms with Crippen LogP contribution < -0.4 is 4.90 Å². The normalized spacial score (nSPS) is 20.2. The molecule has 1 radical (unpaired) electrons. The summed E-state index contributed by atoms with van der Waals surface area (Å²) in [5, 5.41) is 0.441. The lowest BCUT2D eigenvalue weighted by Gasteiger charge is -2.28. The van der Waals surface area contributed by atoms with Crippen LogP contribution in [0.2, 0.25) is 5.02 Å². The highest BCUT2D eigenvalue weighted by Gasteiger charge is 2.23. The van der Waals surface area contributed by atoms with E-state index >= 15 is 0 Å². The summed E-state index contributed by atoms with van der Waals surface area (Å²) in [7, 11) is -2.86. The maximum absolute atomic E-state index is 11.2. The molecular formula is C9H10ClN2O2S. The van der Waals surface area contributed by atoms with Gasteiger partial charge in [-0.3, -0.25) is 0 Å². The Hall–Kier alpha value is -0.810. The Balaban J connectivity index is 2.18. The minimum absolute atomic E-state index is 0.167. The van der Waals surface area contributed by atoms with E-state index in [0.29, 0.717) is 23.9 Å². The second-order valence-corrected chi connectivity index (χ2v) is 6.05. The number of halogens is 1. The summed E-state index contributed by atoms with van der Waals surface area (Å²) < 4.78 is 22.4. The molecule has 0 aromatic carbocycles. The Morgan fingerprint density at radius 2 is 2.07 bits per heavy atom. The van der Waals surface area contributed by atoms with Crippen molar-refractivity contribution in [2.45, 2.75) is 0 Å². The molecule has 1 fully saturated rings. The van der Waals surface area contributed by atoms with E-state index < -0.39 is 9.84 Å². The summed E-state index contributed by atoms with van der Waals surface area (Å²) in [6.07, 6.45) is 1.60. The first-order valence-electron chi connectivity index (χ1n) is 4.56. The van der Waals surface area contributed by atoms with Crippen LogP contribution in [0.1, 0.15) is 0 Å². The molecule has 1 aromatic heterocycles. The standard InChI is InChI=1S/C9H10ClN2O2S/c10-8-2-1-3-11-9(8)12-4-6-15(13,14)7-5-12/h1,3H,4-7H2. The monoisotopic (exact) mass is 245 g/mol. The molecule has 0 N–H and O–H groups in total. The van der Waals surface area contributed by atoms with Gasteiger partial charge >= 0.3 is 0 Å². The predicted molar refractivity (Wildman–Crippen MR) is 58.9 cm³/mol. The van der Waals surface area contributed by atoms with Gasteiger partial charge < -0.3 is 4.90 Å². The van der Waals surface area contributed by atoms with Crippen molar-refractivity contribution < 1.29 is 8.42 Å². The van der Waals surface area contributed by atoms with E-state index in [9.17, 15) is 8.42 Å². The summed E-state index contributed by atoms with van der Waals surface area (Å²) in [6.45, 7) is 0.903. The number of hydrogen-bond acceptors (Lipinski definition) is 4. The highest BCUT2D eigenvalue weighted by atomic mass is 35.5. The molecule has 0 saturated carbocycles. The van der Waals surface area contributed by atoms with Gasteiger partial charge in [0, 0.05) is 25.4 Å². The first kappa shape index (κ1) is 10.7. The summed E-state index contributed by atoms with van der Waals surface area (Å²) in [4.78, 5) is 5.99. The lowest BCUT2D eigenvalue weighted by Crippen LogP contribution is -2.40. The largest absolute Gasteiger partial charge is 0.353 e. The van der Waals surface area contributed by atoms with Gasteiger partial charge in [-0.05, 0) is 6.07 Å². The molecule has 81 valence electrons. The van der Waals surface area contributed by atoms with Crippen molar-refractivity contribution in [2.24, 2.45) is 0 Å². The van der Waals surface area contributed by atoms with Crippen molar-refractivity contribution in [1.82, 2.24) is 4.98 Å². The van der Waals surface area contributed by atoms with Crippen LogP contribution in [0.3, 0.4) is 0 Å². The summed E-state index contributed by atoms with van der Waals surface area (Å²) in [5.74, 6) is 0.953. The molecule has 0 bridgehead atoms. The van der Waals surface area contributed by atoms with Crippen molar-refractivity contribution >= 4 is 27.3 Å². The van der Waals surface area contributed by atoms with Gasteiger partial charge in [0.15, 0.2) is 9.84 Å². The van der Waals surface area contributed by atoms with Gasteiger partial charge in [0.1, 0.15) is 5.82 Å². The Bertz CT molecular complexity index is 447. The second kappa shape index (κ2) is 3.98. The molecule has 15 heavy (non-hydrogen) atoms. The van der Waals surface area contributed by atoms with Gasteiger partial charge in [-0.25, -0.2) is 13.4 Å². The third-order valence-electron chi connectivity index (χ3n) is 2.32. The van der Waals surface area contributed by atoms with Crippen LogP contribution in [0.15, 0.2) is 12.3 Å². The van der Waals surface area contributed by atoms with Crippen LogP contribution in [-0.2, 0) is 9.84 Å². The van der Waals surface area contributed by atoms with Gasteiger partial charge in [-0.15, -0.1) is 0 Å². The predicted octanol–water partition coefficient (Wildman–Crippen LogP) is 0.770. The number of pyridine rings is 1. The number of nitrogens with zero attached hydrogens (tertiary/aromatic N) is 2. The van der Waals surface area contributed by atoms with Crippen LogP contribution in [-0.4, -0.2) is 38.0 Å². The molecule has 1 aliphatic rings. The quantitative estimate of drug-likeness (QED) is 0.734. The zero-order valence-electron chi connectivity index (χ0n) is 7.98. The van der Waals surface area contributed by atoms with E-state index in [2.05, 4.69) is 11.1 Å². The topological polar surface area (TPSA) is 50.3 Å². The van der Waals surface area contributed by atoms with Crippen molar-refractivity contribution in [3.8, 4) is 0 Å². The molecule has 1 aromatic rings. The number of hydrogen-bond donors (Lipinski definition) is 0. The van der Waals surface area contributed by atoms with E-state index in [1.165, 1.54) is 0 Å². The Kier molecular flexibility index (Phi) is 2.84. The highest BCUT2D eigenvalue weighted by Crippen LogP contribution is 2.23. The summed E-state index contributed by atoms with van der Waals surface area (Å²) >= 11 is 5.92. The number of rotatable bonds is 1. The minimum atomic E-state index is -2.86. The van der Waals surface area contributed by atoms with Crippen molar-refractivity contribution in [1.29, 1.82) is 0 Å². The number of aromatic nitrogens is 1. The summed E-state index contributed by atoms with van der Waals surface area (Å²) in [5.41, 5.74) is 0. The van der Waals surface area contributed by atoms with Gasteiger partial charge in [-0.1, -0.05) is 11.6 Å². The molecule has 1 aliphatic heterocycles. The van der Waals surface area contributed by atoms with Gasteiger partial charge in [0.05, 0.1) is 16.5 Å². The summed E-state index contributed by atoms with van der Waals surface area (Å²) in [6, 6.07) is 4.46. The Morgan fingerprint density at radius 3 is 2.67 bits per heavy atom. The fourth-order valence-corrected chi connectivity index (χ4v) is 2.92. The lowest BCUT2D eigenvalue weighted by molar-refractivity contribution is 0.586. The molecular weight excluding hydrogens is 236 g/mol. The van der Waals surface area contributed by atoms with Crippen LogP contribution in [0, 0.1) is 6.07 Å². The number of anilines is 1. The van der Waals surface area contributed by atoms with E-state index in [0.717, 1.165) is 0 Å². The minimum Gasteiger partial charge on any atom is -0.353 e. The van der Waals surface area contributed by atoms with Gasteiger partial charge in [0.25, 0.3) is 0 Å². The maximum Gasteiger partial charge on any atom is 0.153 e. The number of sulfone groups is 1. The third kappa shape index (κ3) is 2.41. The zero-order valence-corrected chi connectivity index (χ0v) is 9.55. The van der Waals surface area contributed by atoms with Crippen LogP contribution in [0.4, 0.5) is 5.82 Å². The van der Waals surface area contributed by atoms with Crippen LogP contribution in [0.25, 0.3) is 0 Å². The molecule has 0 unspecified atom stereocenters. The fraction of sp³-hybridized carbons (Fsp3) is 0.444. The van der Waals surface area contributed by atoms with Crippen molar-refractivity contribution in [2.75, 3.05) is 29.5 Å². The smallest absolute Gasteiger partial charge is 0.153 e. The van der Waals surface area contributed by atoms with E-state index in [1.54, 1.807) is 12.3 Å². The molecule has 4 nitrogen and oxygen atoms in total. The zero-order chi connectivity index (χ0) is 10.9. The average Bonchev–Trinajstić information content (AvgIpc) is 2.19. The molecule has 0 atom stereocenters. The van der Waals surface area contributed by atoms with Crippen molar-refractivity contribution in [3.63, 3.8) is 0 Å². The second-order valence-electron chi connectivity index (χ2n) is 3.37. The molecule has 0 amide bonds. The molecule has 2 rings (SSSR count). The molecule has 2 heterocycles. The van der Waals surface area contributed by atoms with E-state index in [4.69, 9.17) is 11.6 Å². The highest BCUT2D eigenvalue weighted by molar-refractivity contribution is 7.91.